The van der Waals surface area contributed by atoms with E-state index in [0.717, 1.165) is 16.3 Å². The summed E-state index contributed by atoms with van der Waals surface area (Å²) in [6.07, 6.45) is 2.48. The molecule has 0 amide bonds. The van der Waals surface area contributed by atoms with Crippen molar-refractivity contribution in [2.45, 2.75) is 31.8 Å². The Morgan fingerprint density at radius 1 is 1.45 bits per heavy atom. The second-order valence-corrected chi connectivity index (χ2v) is 6.39. The van der Waals surface area contributed by atoms with Crippen LogP contribution in [0.15, 0.2) is 23.6 Å². The van der Waals surface area contributed by atoms with Crippen molar-refractivity contribution in [1.29, 1.82) is 0 Å². The van der Waals surface area contributed by atoms with Gasteiger partial charge in [-0.25, -0.2) is 4.98 Å². The van der Waals surface area contributed by atoms with Gasteiger partial charge in [0.15, 0.2) is 0 Å². The Morgan fingerprint density at radius 2 is 2.25 bits per heavy atom. The van der Waals surface area contributed by atoms with Crippen molar-refractivity contribution >= 4 is 22.9 Å². The molecule has 1 aromatic heterocycles. The molecule has 1 aromatic carbocycles. The van der Waals surface area contributed by atoms with E-state index in [9.17, 15) is 0 Å². The Hall–Kier alpha value is -1.10. The van der Waals surface area contributed by atoms with Crippen LogP contribution in [-0.4, -0.2) is 18.1 Å². The van der Waals surface area contributed by atoms with E-state index in [1.54, 1.807) is 18.4 Å². The van der Waals surface area contributed by atoms with Gasteiger partial charge in [-0.1, -0.05) is 17.7 Å². The third kappa shape index (κ3) is 2.97. The van der Waals surface area contributed by atoms with Gasteiger partial charge in [-0.05, 0) is 37.5 Å². The smallest absolute Gasteiger partial charge is 0.137 e. The fraction of sp³-hybridized carbons (Fsp3) is 0.400. The molecule has 2 aromatic rings. The standard InChI is InChI=1S/C15H17ClN2OS/c1-9-8-20-15(17-9)14(18-11-4-5-11)10-3-6-13(19-2)12(16)7-10/h3,6-8,11,14,18H,4-5H2,1-2H3. The number of hydrogen-bond donors (Lipinski definition) is 1. The van der Waals surface area contributed by atoms with Gasteiger partial charge in [0.25, 0.3) is 0 Å². The number of aromatic nitrogens is 1. The van der Waals surface area contributed by atoms with E-state index in [1.807, 2.05) is 19.1 Å². The fourth-order valence-electron chi connectivity index (χ4n) is 2.16. The van der Waals surface area contributed by atoms with E-state index in [0.29, 0.717) is 16.8 Å². The zero-order valence-corrected chi connectivity index (χ0v) is 13.1. The molecule has 0 saturated heterocycles. The zero-order valence-electron chi connectivity index (χ0n) is 11.5. The lowest BCUT2D eigenvalue weighted by Crippen LogP contribution is -2.24. The van der Waals surface area contributed by atoms with Crippen molar-refractivity contribution in [1.82, 2.24) is 10.3 Å². The third-order valence-corrected chi connectivity index (χ3v) is 4.70. The molecule has 1 fully saturated rings. The van der Waals surface area contributed by atoms with Crippen LogP contribution in [0.4, 0.5) is 0 Å². The Labute approximate surface area is 127 Å². The maximum atomic E-state index is 6.25. The summed E-state index contributed by atoms with van der Waals surface area (Å²) in [5.41, 5.74) is 2.20. The highest BCUT2D eigenvalue weighted by molar-refractivity contribution is 7.09. The van der Waals surface area contributed by atoms with Gasteiger partial charge in [-0.15, -0.1) is 11.3 Å². The molecule has 1 unspecified atom stereocenters. The van der Waals surface area contributed by atoms with Crippen molar-refractivity contribution in [2.24, 2.45) is 0 Å². The van der Waals surface area contributed by atoms with E-state index in [1.165, 1.54) is 12.8 Å². The lowest BCUT2D eigenvalue weighted by molar-refractivity contribution is 0.414. The van der Waals surface area contributed by atoms with Gasteiger partial charge < -0.3 is 10.1 Å². The number of benzene rings is 1. The Morgan fingerprint density at radius 3 is 2.80 bits per heavy atom. The highest BCUT2D eigenvalue weighted by atomic mass is 35.5. The number of aryl methyl sites for hydroxylation is 1. The van der Waals surface area contributed by atoms with Crippen LogP contribution in [0.1, 0.15) is 35.1 Å². The van der Waals surface area contributed by atoms with E-state index in [-0.39, 0.29) is 6.04 Å². The number of ether oxygens (including phenoxy) is 1. The molecule has 1 saturated carbocycles. The molecular formula is C15H17ClN2OS. The van der Waals surface area contributed by atoms with Crippen molar-refractivity contribution in [3.05, 3.63) is 44.9 Å². The molecule has 1 aliphatic carbocycles. The van der Waals surface area contributed by atoms with E-state index in [2.05, 4.69) is 21.7 Å². The Kier molecular flexibility index (Phi) is 3.96. The maximum Gasteiger partial charge on any atom is 0.137 e. The van der Waals surface area contributed by atoms with Gasteiger partial charge in [-0.2, -0.15) is 0 Å². The van der Waals surface area contributed by atoms with E-state index in [4.69, 9.17) is 16.3 Å². The molecule has 1 heterocycles. The number of thiazole rings is 1. The summed E-state index contributed by atoms with van der Waals surface area (Å²) in [7, 11) is 1.63. The van der Waals surface area contributed by atoms with Crippen LogP contribution in [0.3, 0.4) is 0 Å². The molecule has 5 heteroatoms. The average molecular weight is 309 g/mol. The van der Waals surface area contributed by atoms with Crippen molar-refractivity contribution in [3.8, 4) is 5.75 Å². The maximum absolute atomic E-state index is 6.25. The van der Waals surface area contributed by atoms with Gasteiger partial charge in [0.05, 0.1) is 18.2 Å². The number of rotatable bonds is 5. The van der Waals surface area contributed by atoms with Gasteiger partial charge in [0.2, 0.25) is 0 Å². The SMILES string of the molecule is COc1ccc(C(NC2CC2)c2nc(C)cs2)cc1Cl. The van der Waals surface area contributed by atoms with Crippen LogP contribution in [0.5, 0.6) is 5.75 Å². The van der Waals surface area contributed by atoms with Crippen molar-refractivity contribution in [2.75, 3.05) is 7.11 Å². The third-order valence-electron chi connectivity index (χ3n) is 3.37. The molecule has 20 heavy (non-hydrogen) atoms. The highest BCUT2D eigenvalue weighted by Gasteiger charge is 2.28. The quantitative estimate of drug-likeness (QED) is 0.908. The van der Waals surface area contributed by atoms with Crippen LogP contribution in [0.25, 0.3) is 0 Å². The molecule has 1 N–H and O–H groups in total. The van der Waals surface area contributed by atoms with Crippen molar-refractivity contribution < 1.29 is 4.74 Å². The monoisotopic (exact) mass is 308 g/mol. The first-order chi connectivity index (χ1) is 9.67. The number of halogens is 1. The molecule has 1 aliphatic rings. The summed E-state index contributed by atoms with van der Waals surface area (Å²) in [4.78, 5) is 4.62. The van der Waals surface area contributed by atoms with Gasteiger partial charge in [0, 0.05) is 17.1 Å². The molecule has 1 atom stereocenters. The molecular weight excluding hydrogens is 292 g/mol. The predicted octanol–water partition coefficient (Wildman–Crippen LogP) is 3.95. The summed E-state index contributed by atoms with van der Waals surface area (Å²) in [5, 5.41) is 7.47. The number of hydrogen-bond acceptors (Lipinski definition) is 4. The number of methoxy groups -OCH3 is 1. The second-order valence-electron chi connectivity index (χ2n) is 5.10. The van der Waals surface area contributed by atoms with Crippen LogP contribution < -0.4 is 10.1 Å². The Bertz CT molecular complexity index is 610. The minimum atomic E-state index is 0.115. The van der Waals surface area contributed by atoms with Crippen LogP contribution in [-0.2, 0) is 0 Å². The van der Waals surface area contributed by atoms with Crippen molar-refractivity contribution in [3.63, 3.8) is 0 Å². The molecule has 106 valence electrons. The topological polar surface area (TPSA) is 34.1 Å². The fourth-order valence-corrected chi connectivity index (χ4v) is 3.31. The van der Waals surface area contributed by atoms with E-state index < -0.39 is 0 Å². The summed E-state index contributed by atoms with van der Waals surface area (Å²) < 4.78 is 5.22. The minimum absolute atomic E-state index is 0.115. The average Bonchev–Trinajstić information content (AvgIpc) is 3.16. The van der Waals surface area contributed by atoms with Gasteiger partial charge >= 0.3 is 0 Å². The van der Waals surface area contributed by atoms with Crippen LogP contribution in [0, 0.1) is 6.92 Å². The molecule has 0 radical (unpaired) electrons. The van der Waals surface area contributed by atoms with Gasteiger partial charge in [0.1, 0.15) is 10.8 Å². The molecule has 0 bridgehead atoms. The normalized spacial score (nSPS) is 16.1. The summed E-state index contributed by atoms with van der Waals surface area (Å²) in [6, 6.07) is 6.66. The zero-order chi connectivity index (χ0) is 14.1. The highest BCUT2D eigenvalue weighted by Crippen LogP contribution is 2.34. The molecule has 3 rings (SSSR count). The number of nitrogens with zero attached hydrogens (tertiary/aromatic N) is 1. The number of nitrogens with one attached hydrogen (secondary N) is 1. The summed E-state index contributed by atoms with van der Waals surface area (Å²) in [5.74, 6) is 0.705. The summed E-state index contributed by atoms with van der Waals surface area (Å²) in [6.45, 7) is 2.02. The minimum Gasteiger partial charge on any atom is -0.495 e. The van der Waals surface area contributed by atoms with E-state index >= 15 is 0 Å². The lowest BCUT2D eigenvalue weighted by Gasteiger charge is -2.17. The van der Waals surface area contributed by atoms with Crippen LogP contribution >= 0.6 is 22.9 Å². The largest absolute Gasteiger partial charge is 0.495 e. The lowest BCUT2D eigenvalue weighted by atomic mass is 10.1. The van der Waals surface area contributed by atoms with Crippen LogP contribution in [0.2, 0.25) is 5.02 Å². The molecule has 0 spiro atoms. The molecule has 0 aliphatic heterocycles. The Balaban J connectivity index is 1.93. The first-order valence-corrected chi connectivity index (χ1v) is 7.94. The second kappa shape index (κ2) is 5.72. The first-order valence-electron chi connectivity index (χ1n) is 6.69. The van der Waals surface area contributed by atoms with Gasteiger partial charge in [-0.3, -0.25) is 0 Å². The predicted molar refractivity (Wildman–Crippen MR) is 82.9 cm³/mol. The molecule has 3 nitrogen and oxygen atoms in total. The summed E-state index contributed by atoms with van der Waals surface area (Å²) >= 11 is 7.94. The first kappa shape index (κ1) is 13.9.